The van der Waals surface area contributed by atoms with E-state index in [4.69, 9.17) is 5.73 Å². The van der Waals surface area contributed by atoms with Crippen molar-refractivity contribution in [1.82, 2.24) is 4.72 Å². The van der Waals surface area contributed by atoms with Crippen molar-refractivity contribution in [3.63, 3.8) is 0 Å². The number of aryl methyl sites for hydroxylation is 1. The van der Waals surface area contributed by atoms with Crippen LogP contribution >= 0.6 is 0 Å². The van der Waals surface area contributed by atoms with E-state index in [9.17, 15) is 8.42 Å². The third-order valence-corrected chi connectivity index (χ3v) is 5.56. The highest BCUT2D eigenvalue weighted by Crippen LogP contribution is 2.28. The molecule has 1 unspecified atom stereocenters. The first-order chi connectivity index (χ1) is 9.04. The van der Waals surface area contributed by atoms with Crippen LogP contribution in [-0.4, -0.2) is 21.0 Å². The van der Waals surface area contributed by atoms with Crippen molar-refractivity contribution >= 4 is 10.0 Å². The van der Waals surface area contributed by atoms with Crippen LogP contribution in [0.5, 0.6) is 0 Å². The van der Waals surface area contributed by atoms with E-state index in [1.807, 2.05) is 19.1 Å². The lowest BCUT2D eigenvalue weighted by molar-refractivity contribution is 0.405. The number of hydrogen-bond acceptors (Lipinski definition) is 3. The molecular weight excluding hydrogens is 260 g/mol. The van der Waals surface area contributed by atoms with Crippen molar-refractivity contribution in [1.29, 1.82) is 0 Å². The fraction of sp³-hybridized carbons (Fsp3) is 0.571. The molecule has 1 atom stereocenters. The summed E-state index contributed by atoms with van der Waals surface area (Å²) in [7, 11) is -3.47. The molecule has 0 saturated heterocycles. The summed E-state index contributed by atoms with van der Waals surface area (Å²) in [5.74, 6) is 0.379. The van der Waals surface area contributed by atoms with Crippen molar-refractivity contribution in [2.75, 3.05) is 6.54 Å². The topological polar surface area (TPSA) is 72.2 Å². The molecule has 0 spiro atoms. The minimum atomic E-state index is -3.47. The monoisotopic (exact) mass is 282 g/mol. The van der Waals surface area contributed by atoms with E-state index >= 15 is 0 Å². The molecule has 0 heterocycles. The second-order valence-electron chi connectivity index (χ2n) is 5.27. The largest absolute Gasteiger partial charge is 0.329 e. The maximum absolute atomic E-state index is 12.4. The normalized spacial score (nSPS) is 18.6. The molecule has 1 aromatic rings. The third kappa shape index (κ3) is 3.35. The predicted octanol–water partition coefficient (Wildman–Crippen LogP) is 1.79. The van der Waals surface area contributed by atoms with Crippen LogP contribution in [0.1, 0.15) is 31.2 Å². The number of sulfonamides is 1. The molecule has 1 fully saturated rings. The van der Waals surface area contributed by atoms with Gasteiger partial charge in [-0.25, -0.2) is 13.1 Å². The number of nitrogens with one attached hydrogen (secondary N) is 1. The molecule has 0 bridgehead atoms. The van der Waals surface area contributed by atoms with Gasteiger partial charge in [0.25, 0.3) is 0 Å². The fourth-order valence-electron chi connectivity index (χ4n) is 2.82. The Labute approximate surface area is 115 Å². The van der Waals surface area contributed by atoms with E-state index in [1.165, 1.54) is 12.8 Å². The Bertz CT molecular complexity index is 522. The highest BCUT2D eigenvalue weighted by Gasteiger charge is 2.28. The van der Waals surface area contributed by atoms with E-state index in [0.717, 1.165) is 18.4 Å². The lowest BCUT2D eigenvalue weighted by Gasteiger charge is -2.23. The van der Waals surface area contributed by atoms with Crippen LogP contribution in [-0.2, 0) is 10.0 Å². The molecule has 1 aliphatic carbocycles. The summed E-state index contributed by atoms with van der Waals surface area (Å²) in [4.78, 5) is 0.353. The van der Waals surface area contributed by atoms with Crippen LogP contribution in [0.4, 0.5) is 0 Å². The number of nitrogens with two attached hydrogens (primary N) is 1. The van der Waals surface area contributed by atoms with Gasteiger partial charge in [-0.15, -0.1) is 0 Å². The van der Waals surface area contributed by atoms with Crippen LogP contribution in [0.25, 0.3) is 0 Å². The molecule has 0 amide bonds. The summed E-state index contributed by atoms with van der Waals surface area (Å²) in [5, 5.41) is 0. The van der Waals surface area contributed by atoms with Crippen molar-refractivity contribution in [3.05, 3.63) is 29.8 Å². The summed E-state index contributed by atoms with van der Waals surface area (Å²) < 4.78 is 27.6. The standard InChI is InChI=1S/C14H22N2O2S/c1-11-6-2-5-9-14(11)19(17,18)16-13(10-15)12-7-3-4-8-12/h2,5-6,9,12-13,16H,3-4,7-8,10,15H2,1H3. The number of hydrogen-bond donors (Lipinski definition) is 2. The molecule has 5 heteroatoms. The predicted molar refractivity (Wildman–Crippen MR) is 76.3 cm³/mol. The Morgan fingerprint density at radius 3 is 2.53 bits per heavy atom. The van der Waals surface area contributed by atoms with Gasteiger partial charge in [-0.3, -0.25) is 0 Å². The van der Waals surface area contributed by atoms with Gasteiger partial charge >= 0.3 is 0 Å². The van der Waals surface area contributed by atoms with Gasteiger partial charge in [-0.1, -0.05) is 31.0 Å². The lowest BCUT2D eigenvalue weighted by atomic mass is 9.99. The molecule has 2 rings (SSSR count). The van der Waals surface area contributed by atoms with Crippen molar-refractivity contribution in [3.8, 4) is 0 Å². The van der Waals surface area contributed by atoms with Crippen LogP contribution in [0, 0.1) is 12.8 Å². The summed E-state index contributed by atoms with van der Waals surface area (Å²) in [5.41, 5.74) is 6.51. The van der Waals surface area contributed by atoms with Gasteiger partial charge in [0.2, 0.25) is 10.0 Å². The van der Waals surface area contributed by atoms with Gasteiger partial charge in [0.15, 0.2) is 0 Å². The first-order valence-electron chi connectivity index (χ1n) is 6.82. The zero-order valence-electron chi connectivity index (χ0n) is 11.3. The van der Waals surface area contributed by atoms with Crippen molar-refractivity contribution in [2.24, 2.45) is 11.7 Å². The Balaban J connectivity index is 2.18. The summed E-state index contributed by atoms with van der Waals surface area (Å²) in [6.45, 7) is 2.16. The molecule has 1 aliphatic rings. The molecule has 0 aliphatic heterocycles. The maximum atomic E-state index is 12.4. The SMILES string of the molecule is Cc1ccccc1S(=O)(=O)NC(CN)C1CCCC1. The van der Waals surface area contributed by atoms with Crippen LogP contribution in [0.15, 0.2) is 29.2 Å². The van der Waals surface area contributed by atoms with E-state index in [0.29, 0.717) is 17.4 Å². The molecule has 0 aromatic heterocycles. The van der Waals surface area contributed by atoms with Crippen molar-refractivity contribution < 1.29 is 8.42 Å². The number of benzene rings is 1. The third-order valence-electron chi connectivity index (χ3n) is 3.91. The van der Waals surface area contributed by atoms with Crippen molar-refractivity contribution in [2.45, 2.75) is 43.5 Å². The van der Waals surface area contributed by atoms with E-state index in [-0.39, 0.29) is 6.04 Å². The number of rotatable bonds is 5. The van der Waals surface area contributed by atoms with Gasteiger partial charge in [0, 0.05) is 12.6 Å². The minimum absolute atomic E-state index is 0.146. The van der Waals surface area contributed by atoms with Gasteiger partial charge in [0.05, 0.1) is 4.90 Å². The average Bonchev–Trinajstić information content (AvgIpc) is 2.90. The quantitative estimate of drug-likeness (QED) is 0.865. The fourth-order valence-corrected chi connectivity index (χ4v) is 4.38. The first-order valence-corrected chi connectivity index (χ1v) is 8.31. The van der Waals surface area contributed by atoms with E-state index in [2.05, 4.69) is 4.72 Å². The van der Waals surface area contributed by atoms with Crippen LogP contribution < -0.4 is 10.5 Å². The molecule has 4 nitrogen and oxygen atoms in total. The van der Waals surface area contributed by atoms with Crippen LogP contribution in [0.3, 0.4) is 0 Å². The summed E-state index contributed by atoms with van der Waals surface area (Å²) >= 11 is 0. The highest BCUT2D eigenvalue weighted by molar-refractivity contribution is 7.89. The first kappa shape index (κ1) is 14.5. The Morgan fingerprint density at radius 1 is 1.32 bits per heavy atom. The van der Waals surface area contributed by atoms with E-state index in [1.54, 1.807) is 12.1 Å². The van der Waals surface area contributed by atoms with Gasteiger partial charge < -0.3 is 5.73 Å². The molecule has 0 radical (unpaired) electrons. The van der Waals surface area contributed by atoms with Crippen LogP contribution in [0.2, 0.25) is 0 Å². The average molecular weight is 282 g/mol. The Hall–Kier alpha value is -0.910. The lowest BCUT2D eigenvalue weighted by Crippen LogP contribution is -2.44. The second kappa shape index (κ2) is 6.03. The zero-order valence-corrected chi connectivity index (χ0v) is 12.1. The van der Waals surface area contributed by atoms with Gasteiger partial charge in [-0.05, 0) is 37.3 Å². The molecule has 19 heavy (non-hydrogen) atoms. The molecular formula is C14H22N2O2S. The minimum Gasteiger partial charge on any atom is -0.329 e. The second-order valence-corrected chi connectivity index (χ2v) is 6.96. The molecule has 1 aromatic carbocycles. The highest BCUT2D eigenvalue weighted by atomic mass is 32.2. The molecule has 1 saturated carbocycles. The summed E-state index contributed by atoms with van der Waals surface area (Å²) in [6, 6.07) is 6.88. The molecule has 3 N–H and O–H groups in total. The Morgan fingerprint density at radius 2 is 1.95 bits per heavy atom. The van der Waals surface area contributed by atoms with Gasteiger partial charge in [0.1, 0.15) is 0 Å². The molecule has 106 valence electrons. The smallest absolute Gasteiger partial charge is 0.241 e. The maximum Gasteiger partial charge on any atom is 0.241 e. The zero-order chi connectivity index (χ0) is 13.9. The Kier molecular flexibility index (Phi) is 4.60. The van der Waals surface area contributed by atoms with E-state index < -0.39 is 10.0 Å². The van der Waals surface area contributed by atoms with Gasteiger partial charge in [-0.2, -0.15) is 0 Å². The summed E-state index contributed by atoms with van der Waals surface area (Å²) in [6.07, 6.45) is 4.48.